The predicted octanol–water partition coefficient (Wildman–Crippen LogP) is 2.35. The highest BCUT2D eigenvalue weighted by atomic mass is 19.4. The molecule has 0 aromatic carbocycles. The molecule has 0 saturated carbocycles. The number of nitrogens with two attached hydrogens (primary N) is 1. The number of carbonyl (C=O) groups excluding carboxylic acids is 2. The van der Waals surface area contributed by atoms with E-state index in [4.69, 9.17) is 10.5 Å². The molecule has 3 N–H and O–H groups in total. The first-order valence-electron chi connectivity index (χ1n) is 10.6. The van der Waals surface area contributed by atoms with Crippen LogP contribution in [0.4, 0.5) is 13.2 Å². The van der Waals surface area contributed by atoms with Crippen LogP contribution in [0.15, 0.2) is 24.3 Å². The minimum atomic E-state index is -4.97. The minimum absolute atomic E-state index is 0.0198. The molecule has 8 nitrogen and oxygen atoms in total. The fourth-order valence-corrected chi connectivity index (χ4v) is 4.90. The van der Waals surface area contributed by atoms with Gasteiger partial charge in [-0.1, -0.05) is 0 Å². The molecule has 0 bridgehead atoms. The van der Waals surface area contributed by atoms with Gasteiger partial charge in [-0.25, -0.2) is 4.98 Å². The molecule has 33 heavy (non-hydrogen) atoms. The van der Waals surface area contributed by atoms with Crippen molar-refractivity contribution >= 4 is 11.7 Å². The van der Waals surface area contributed by atoms with Gasteiger partial charge in [0, 0.05) is 18.8 Å². The topological polar surface area (TPSA) is 102 Å². The number of fused-ring (bicyclic) bond motifs is 2. The molecule has 0 aliphatic carbocycles. The van der Waals surface area contributed by atoms with E-state index in [9.17, 15) is 22.8 Å². The Balaban J connectivity index is 1.59. The maximum Gasteiger partial charge on any atom is 0.456 e. The van der Waals surface area contributed by atoms with Gasteiger partial charge in [-0.3, -0.25) is 14.9 Å². The number of aromatic nitrogens is 2. The summed E-state index contributed by atoms with van der Waals surface area (Å²) in [7, 11) is 1.53. The summed E-state index contributed by atoms with van der Waals surface area (Å²) < 4.78 is 45.9. The van der Waals surface area contributed by atoms with Crippen molar-refractivity contribution in [3.63, 3.8) is 0 Å². The Hall–Kier alpha value is -2.92. The summed E-state index contributed by atoms with van der Waals surface area (Å²) >= 11 is 0. The molecule has 0 unspecified atom stereocenters. The molecule has 0 radical (unpaired) electrons. The minimum Gasteiger partial charge on any atom is -0.495 e. The Bertz CT molecular complexity index is 1100. The van der Waals surface area contributed by atoms with Crippen LogP contribution in [0.5, 0.6) is 5.75 Å². The van der Waals surface area contributed by atoms with Crippen LogP contribution in [0.2, 0.25) is 0 Å². The van der Waals surface area contributed by atoms with Gasteiger partial charge in [-0.2, -0.15) is 13.2 Å². The molecule has 1 spiro atoms. The van der Waals surface area contributed by atoms with Crippen molar-refractivity contribution in [2.75, 3.05) is 20.2 Å². The largest absolute Gasteiger partial charge is 0.495 e. The second-order valence-electron chi connectivity index (χ2n) is 8.92. The van der Waals surface area contributed by atoms with Gasteiger partial charge in [-0.15, -0.1) is 0 Å². The molecule has 1 fully saturated rings. The van der Waals surface area contributed by atoms with Crippen LogP contribution in [-0.2, 0) is 12.1 Å². The van der Waals surface area contributed by atoms with E-state index in [2.05, 4.69) is 10.3 Å². The molecule has 1 saturated heterocycles. The molecular weight excluding hydrogens is 439 g/mol. The number of amides is 1. The number of ketones is 1. The second-order valence-corrected chi connectivity index (χ2v) is 8.92. The van der Waals surface area contributed by atoms with Crippen molar-refractivity contribution in [1.82, 2.24) is 19.8 Å². The molecule has 2 aliphatic heterocycles. The summed E-state index contributed by atoms with van der Waals surface area (Å²) in [6.07, 6.45) is -4.13. The third-order valence-electron chi connectivity index (χ3n) is 6.35. The number of hydrogen-bond donors (Lipinski definition) is 2. The summed E-state index contributed by atoms with van der Waals surface area (Å²) in [5.41, 5.74) is 5.59. The van der Waals surface area contributed by atoms with Gasteiger partial charge in [0.2, 0.25) is 0 Å². The first-order chi connectivity index (χ1) is 15.4. The van der Waals surface area contributed by atoms with Crippen molar-refractivity contribution in [3.8, 4) is 5.75 Å². The number of nitrogens with one attached hydrogen (secondary N) is 1. The van der Waals surface area contributed by atoms with Gasteiger partial charge in [0.15, 0.2) is 0 Å². The number of piperidine rings is 1. The Kier molecular flexibility index (Phi) is 5.52. The first kappa shape index (κ1) is 23.2. The van der Waals surface area contributed by atoms with Crippen molar-refractivity contribution in [2.24, 2.45) is 5.73 Å². The van der Waals surface area contributed by atoms with Gasteiger partial charge in [0.25, 0.3) is 11.7 Å². The van der Waals surface area contributed by atoms with E-state index in [1.165, 1.54) is 17.7 Å². The molecule has 2 aliphatic rings. The predicted molar refractivity (Wildman–Crippen MR) is 113 cm³/mol. The normalized spacial score (nSPS) is 22.2. The SMILES string of the molecule is COc1ccc(C(=O)N2CCC3(CC2)N[C@](C)(N)Cn2c(C(=O)C(F)(F)F)ccc23)nc1C. The van der Waals surface area contributed by atoms with Crippen LogP contribution in [0.3, 0.4) is 0 Å². The van der Waals surface area contributed by atoms with Gasteiger partial charge in [0.05, 0.1) is 36.2 Å². The maximum absolute atomic E-state index is 13.1. The number of carbonyl (C=O) groups is 2. The number of pyridine rings is 1. The number of likely N-dealkylation sites (tertiary alicyclic amines) is 1. The molecular formula is C22H26F3N5O3. The van der Waals surface area contributed by atoms with Crippen molar-refractivity contribution in [2.45, 2.75) is 50.6 Å². The zero-order chi connectivity index (χ0) is 24.2. The third-order valence-corrected chi connectivity index (χ3v) is 6.35. The Labute approximate surface area is 188 Å². The van der Waals surface area contributed by atoms with E-state index in [0.29, 0.717) is 48.8 Å². The van der Waals surface area contributed by atoms with Crippen LogP contribution < -0.4 is 15.8 Å². The van der Waals surface area contributed by atoms with Crippen LogP contribution in [0, 0.1) is 6.92 Å². The first-order valence-corrected chi connectivity index (χ1v) is 10.6. The van der Waals surface area contributed by atoms with Crippen molar-refractivity contribution in [1.29, 1.82) is 0 Å². The van der Waals surface area contributed by atoms with E-state index in [1.807, 2.05) is 0 Å². The fraction of sp³-hybridized carbons (Fsp3) is 0.500. The highest BCUT2D eigenvalue weighted by Crippen LogP contribution is 2.40. The van der Waals surface area contributed by atoms with Crippen LogP contribution in [0.1, 0.15) is 52.1 Å². The number of nitrogens with zero attached hydrogens (tertiary/aromatic N) is 3. The summed E-state index contributed by atoms with van der Waals surface area (Å²) in [6.45, 7) is 4.15. The quantitative estimate of drug-likeness (QED) is 0.675. The molecule has 2 aromatic heterocycles. The number of aryl methyl sites for hydroxylation is 1. The molecule has 178 valence electrons. The van der Waals surface area contributed by atoms with Crippen LogP contribution in [-0.4, -0.2) is 58.2 Å². The molecule has 4 rings (SSSR count). The Morgan fingerprint density at radius 3 is 2.42 bits per heavy atom. The lowest BCUT2D eigenvalue weighted by molar-refractivity contribution is -0.0892. The zero-order valence-electron chi connectivity index (χ0n) is 18.6. The summed E-state index contributed by atoms with van der Waals surface area (Å²) in [5, 5.41) is 3.37. The maximum atomic E-state index is 13.1. The smallest absolute Gasteiger partial charge is 0.456 e. The highest BCUT2D eigenvalue weighted by Gasteiger charge is 2.49. The standard InChI is InChI=1S/C22H26F3N5O3/c1-13-16(33-3)6-4-14(27-13)19(32)29-10-8-21(9-11-29)17-7-5-15(18(31)22(23,24)25)30(17)12-20(2,26)28-21/h4-7,28H,8-12,26H2,1-3H3/t20-/m0/s1. The lowest BCUT2D eigenvalue weighted by Crippen LogP contribution is -2.68. The van der Waals surface area contributed by atoms with Gasteiger partial charge in [-0.05, 0) is 51.0 Å². The van der Waals surface area contributed by atoms with E-state index in [-0.39, 0.29) is 12.5 Å². The van der Waals surface area contributed by atoms with Crippen LogP contribution >= 0.6 is 0 Å². The number of methoxy groups -OCH3 is 1. The highest BCUT2D eigenvalue weighted by molar-refractivity contribution is 5.99. The number of Topliss-reactive ketones (excluding diaryl/α,β-unsaturated/α-hetero) is 1. The molecule has 11 heteroatoms. The fourth-order valence-electron chi connectivity index (χ4n) is 4.90. The van der Waals surface area contributed by atoms with E-state index in [0.717, 1.165) is 0 Å². The number of ether oxygens (including phenoxy) is 1. The number of rotatable bonds is 3. The second kappa shape index (κ2) is 7.84. The monoisotopic (exact) mass is 465 g/mol. The number of alkyl halides is 3. The molecule has 1 atom stereocenters. The van der Waals surface area contributed by atoms with E-state index in [1.54, 1.807) is 36.9 Å². The summed E-state index contributed by atoms with van der Waals surface area (Å²) in [6, 6.07) is 6.05. The number of halogens is 3. The van der Waals surface area contributed by atoms with Gasteiger partial charge < -0.3 is 19.9 Å². The third kappa shape index (κ3) is 4.10. The van der Waals surface area contributed by atoms with E-state index >= 15 is 0 Å². The van der Waals surface area contributed by atoms with Crippen molar-refractivity contribution in [3.05, 3.63) is 47.0 Å². The summed E-state index contributed by atoms with van der Waals surface area (Å²) in [5.74, 6) is -1.54. The average molecular weight is 465 g/mol. The molecule has 1 amide bonds. The van der Waals surface area contributed by atoms with E-state index < -0.39 is 28.9 Å². The van der Waals surface area contributed by atoms with Crippen LogP contribution in [0.25, 0.3) is 0 Å². The Morgan fingerprint density at radius 1 is 1.18 bits per heavy atom. The molecule has 2 aromatic rings. The van der Waals surface area contributed by atoms with Crippen molar-refractivity contribution < 1.29 is 27.5 Å². The molecule has 4 heterocycles. The Morgan fingerprint density at radius 2 is 1.85 bits per heavy atom. The lowest BCUT2D eigenvalue weighted by atomic mass is 9.81. The average Bonchev–Trinajstić information content (AvgIpc) is 3.15. The van der Waals surface area contributed by atoms with Gasteiger partial charge in [0.1, 0.15) is 11.4 Å². The van der Waals surface area contributed by atoms with Gasteiger partial charge >= 0.3 is 6.18 Å². The zero-order valence-corrected chi connectivity index (χ0v) is 18.6. The summed E-state index contributed by atoms with van der Waals surface area (Å²) in [4.78, 5) is 31.0. The number of hydrogen-bond acceptors (Lipinski definition) is 6. The lowest BCUT2D eigenvalue weighted by Gasteiger charge is -2.51.